The minimum atomic E-state index is -3.70. The monoisotopic (exact) mass is 285 g/mol. The molecule has 0 aliphatic carbocycles. The second kappa shape index (κ2) is 5.07. The normalized spacial score (nSPS) is 11.4. The summed E-state index contributed by atoms with van der Waals surface area (Å²) in [5.41, 5.74) is -0.0380. The zero-order chi connectivity index (χ0) is 13.2. The van der Waals surface area contributed by atoms with Crippen LogP contribution in [0.25, 0.3) is 0 Å². The molecule has 1 N–H and O–H groups in total. The molecular formula is C12H12FNO2S2. The fourth-order valence-electron chi connectivity index (χ4n) is 1.43. The van der Waals surface area contributed by atoms with Crippen LogP contribution in [-0.4, -0.2) is 8.42 Å². The first-order valence-corrected chi connectivity index (χ1v) is 7.69. The molecule has 0 spiro atoms. The molecule has 1 aromatic heterocycles. The van der Waals surface area contributed by atoms with Crippen LogP contribution >= 0.6 is 11.3 Å². The standard InChI is InChI=1S/C12H12FNO2S2/c1-2-9-7-8-12(17-9)18(15,16)14-11-6-4-3-5-10(11)13/h3-8,14H,2H2,1H3. The van der Waals surface area contributed by atoms with Crippen LogP contribution in [0.3, 0.4) is 0 Å². The molecule has 1 heterocycles. The Balaban J connectivity index is 2.30. The number of nitrogens with one attached hydrogen (secondary N) is 1. The van der Waals surface area contributed by atoms with Gasteiger partial charge in [0.1, 0.15) is 10.0 Å². The van der Waals surface area contributed by atoms with Crippen molar-refractivity contribution in [1.29, 1.82) is 0 Å². The number of anilines is 1. The van der Waals surface area contributed by atoms with Crippen molar-refractivity contribution in [3.8, 4) is 0 Å². The zero-order valence-corrected chi connectivity index (χ0v) is 11.3. The highest BCUT2D eigenvalue weighted by Crippen LogP contribution is 2.25. The van der Waals surface area contributed by atoms with E-state index in [-0.39, 0.29) is 9.90 Å². The largest absolute Gasteiger partial charge is 0.276 e. The van der Waals surface area contributed by atoms with Gasteiger partial charge in [-0.2, -0.15) is 0 Å². The molecule has 0 amide bonds. The highest BCUT2D eigenvalue weighted by Gasteiger charge is 2.18. The van der Waals surface area contributed by atoms with Crippen LogP contribution in [0.1, 0.15) is 11.8 Å². The number of halogens is 1. The lowest BCUT2D eigenvalue weighted by atomic mass is 10.3. The van der Waals surface area contributed by atoms with Gasteiger partial charge < -0.3 is 0 Å². The van der Waals surface area contributed by atoms with Crippen molar-refractivity contribution in [3.63, 3.8) is 0 Å². The number of para-hydroxylation sites is 1. The number of rotatable bonds is 4. The molecule has 2 aromatic rings. The minimum Gasteiger partial charge on any atom is -0.276 e. The molecule has 3 nitrogen and oxygen atoms in total. The van der Waals surface area contributed by atoms with Gasteiger partial charge in [-0.3, -0.25) is 4.72 Å². The summed E-state index contributed by atoms with van der Waals surface area (Å²) in [5.74, 6) is -0.589. The van der Waals surface area contributed by atoms with Crippen LogP contribution in [0.2, 0.25) is 0 Å². The van der Waals surface area contributed by atoms with E-state index in [0.29, 0.717) is 0 Å². The molecule has 2 rings (SSSR count). The average Bonchev–Trinajstić information content (AvgIpc) is 2.81. The summed E-state index contributed by atoms with van der Waals surface area (Å²) in [6, 6.07) is 8.98. The van der Waals surface area contributed by atoms with Gasteiger partial charge in [0.05, 0.1) is 5.69 Å². The Morgan fingerprint density at radius 3 is 2.56 bits per heavy atom. The van der Waals surface area contributed by atoms with Gasteiger partial charge in [-0.1, -0.05) is 19.1 Å². The summed E-state index contributed by atoms with van der Waals surface area (Å²) < 4.78 is 39.9. The summed E-state index contributed by atoms with van der Waals surface area (Å²) in [7, 11) is -3.70. The average molecular weight is 285 g/mol. The van der Waals surface area contributed by atoms with Gasteiger partial charge in [0, 0.05) is 4.88 Å². The van der Waals surface area contributed by atoms with Gasteiger partial charge in [0.2, 0.25) is 0 Å². The second-order valence-corrected chi connectivity index (χ2v) is 6.74. The van der Waals surface area contributed by atoms with Gasteiger partial charge in [-0.05, 0) is 30.7 Å². The van der Waals surface area contributed by atoms with Crippen LogP contribution < -0.4 is 4.72 Å². The molecular weight excluding hydrogens is 273 g/mol. The minimum absolute atomic E-state index is 0.0380. The third-order valence-electron chi connectivity index (χ3n) is 2.37. The maximum absolute atomic E-state index is 13.4. The number of thiophene rings is 1. The Bertz CT molecular complexity index is 650. The Labute approximate surface area is 109 Å². The summed E-state index contributed by atoms with van der Waals surface area (Å²) in [5, 5.41) is 0. The van der Waals surface area contributed by atoms with E-state index in [1.807, 2.05) is 6.92 Å². The van der Waals surface area contributed by atoms with Crippen LogP contribution in [0.4, 0.5) is 10.1 Å². The van der Waals surface area contributed by atoms with E-state index < -0.39 is 15.8 Å². The fraction of sp³-hybridized carbons (Fsp3) is 0.167. The third-order valence-corrected chi connectivity index (χ3v) is 5.46. The molecule has 0 aliphatic heterocycles. The number of hydrogen-bond donors (Lipinski definition) is 1. The molecule has 96 valence electrons. The molecule has 0 bridgehead atoms. The van der Waals surface area contributed by atoms with E-state index in [1.165, 1.54) is 35.6 Å². The first kappa shape index (κ1) is 13.0. The molecule has 18 heavy (non-hydrogen) atoms. The molecule has 0 unspecified atom stereocenters. The summed E-state index contributed by atoms with van der Waals surface area (Å²) in [6.45, 7) is 1.95. The molecule has 0 saturated carbocycles. The van der Waals surface area contributed by atoms with Crippen molar-refractivity contribution in [2.24, 2.45) is 0 Å². The van der Waals surface area contributed by atoms with E-state index >= 15 is 0 Å². The third kappa shape index (κ3) is 2.70. The Morgan fingerprint density at radius 1 is 1.22 bits per heavy atom. The predicted octanol–water partition coefficient (Wildman–Crippen LogP) is 3.25. The zero-order valence-electron chi connectivity index (χ0n) is 9.68. The summed E-state index contributed by atoms with van der Waals surface area (Å²) in [6.07, 6.45) is 0.778. The quantitative estimate of drug-likeness (QED) is 0.937. The first-order chi connectivity index (χ1) is 8.53. The van der Waals surface area contributed by atoms with Crippen LogP contribution in [0.5, 0.6) is 0 Å². The molecule has 0 aliphatic rings. The van der Waals surface area contributed by atoms with Gasteiger partial charge in [0.15, 0.2) is 0 Å². The molecule has 0 saturated heterocycles. The molecule has 0 radical (unpaired) electrons. The highest BCUT2D eigenvalue weighted by molar-refractivity contribution is 7.94. The maximum atomic E-state index is 13.4. The van der Waals surface area contributed by atoms with Gasteiger partial charge in [0.25, 0.3) is 10.0 Å². The van der Waals surface area contributed by atoms with Gasteiger partial charge >= 0.3 is 0 Å². The Hall–Kier alpha value is -1.40. The number of sulfonamides is 1. The van der Waals surface area contributed by atoms with Crippen molar-refractivity contribution >= 4 is 27.0 Å². The Morgan fingerprint density at radius 2 is 1.94 bits per heavy atom. The topological polar surface area (TPSA) is 46.2 Å². The van der Waals surface area contributed by atoms with Crippen molar-refractivity contribution in [2.75, 3.05) is 4.72 Å². The summed E-state index contributed by atoms with van der Waals surface area (Å²) in [4.78, 5) is 0.976. The first-order valence-electron chi connectivity index (χ1n) is 5.39. The van der Waals surface area contributed by atoms with Crippen molar-refractivity contribution in [1.82, 2.24) is 0 Å². The lowest BCUT2D eigenvalue weighted by Gasteiger charge is -2.06. The lowest BCUT2D eigenvalue weighted by molar-refractivity contribution is 0.600. The van der Waals surface area contributed by atoms with E-state index in [9.17, 15) is 12.8 Å². The summed E-state index contributed by atoms with van der Waals surface area (Å²) >= 11 is 1.19. The van der Waals surface area contributed by atoms with Crippen LogP contribution in [0, 0.1) is 5.82 Å². The van der Waals surface area contributed by atoms with Crippen LogP contribution in [-0.2, 0) is 16.4 Å². The molecule has 0 fully saturated rings. The van der Waals surface area contributed by atoms with Gasteiger partial charge in [-0.15, -0.1) is 11.3 Å². The predicted molar refractivity (Wildman–Crippen MR) is 70.9 cm³/mol. The SMILES string of the molecule is CCc1ccc(S(=O)(=O)Nc2ccccc2F)s1. The van der Waals surface area contributed by atoms with Crippen molar-refractivity contribution in [3.05, 3.63) is 47.1 Å². The number of aryl methyl sites for hydroxylation is 1. The number of benzene rings is 1. The fourth-order valence-corrected chi connectivity index (χ4v) is 3.79. The van der Waals surface area contributed by atoms with E-state index in [2.05, 4.69) is 4.72 Å². The molecule has 0 atom stereocenters. The second-order valence-electron chi connectivity index (χ2n) is 3.66. The lowest BCUT2D eigenvalue weighted by Crippen LogP contribution is -2.12. The van der Waals surface area contributed by atoms with Crippen LogP contribution in [0.15, 0.2) is 40.6 Å². The molecule has 6 heteroatoms. The van der Waals surface area contributed by atoms with Crippen molar-refractivity contribution < 1.29 is 12.8 Å². The van der Waals surface area contributed by atoms with Gasteiger partial charge in [-0.25, -0.2) is 12.8 Å². The van der Waals surface area contributed by atoms with E-state index in [1.54, 1.807) is 12.1 Å². The van der Waals surface area contributed by atoms with Crippen molar-refractivity contribution in [2.45, 2.75) is 17.6 Å². The Kier molecular flexibility index (Phi) is 3.68. The van der Waals surface area contributed by atoms with E-state index in [4.69, 9.17) is 0 Å². The highest BCUT2D eigenvalue weighted by atomic mass is 32.2. The number of hydrogen-bond acceptors (Lipinski definition) is 3. The smallest absolute Gasteiger partial charge is 0.271 e. The maximum Gasteiger partial charge on any atom is 0.271 e. The molecule has 1 aromatic carbocycles. The van der Waals surface area contributed by atoms with E-state index in [0.717, 1.165) is 11.3 Å².